The van der Waals surface area contributed by atoms with E-state index in [0.717, 1.165) is 43.5 Å². The van der Waals surface area contributed by atoms with Crippen molar-refractivity contribution in [2.45, 2.75) is 38.8 Å². The van der Waals surface area contributed by atoms with Crippen molar-refractivity contribution in [1.29, 1.82) is 5.26 Å². The van der Waals surface area contributed by atoms with Crippen LogP contribution in [0.15, 0.2) is 18.2 Å². The number of nitriles is 1. The first-order valence-electron chi connectivity index (χ1n) is 6.57. The number of aliphatic hydroxyl groups is 1. The molecule has 1 fully saturated rings. The van der Waals surface area contributed by atoms with Crippen LogP contribution in [0, 0.1) is 24.2 Å². The largest absolute Gasteiger partial charge is 0.393 e. The maximum atomic E-state index is 9.46. The molecule has 0 spiro atoms. The molecule has 0 aliphatic heterocycles. The molecule has 3 heteroatoms. The third-order valence-electron chi connectivity index (χ3n) is 3.73. The molecule has 1 saturated carbocycles. The van der Waals surface area contributed by atoms with Crippen molar-refractivity contribution in [3.63, 3.8) is 0 Å². The predicted molar refractivity (Wildman–Crippen MR) is 70.9 cm³/mol. The molecule has 0 saturated heterocycles. The van der Waals surface area contributed by atoms with Crippen molar-refractivity contribution >= 4 is 0 Å². The Hall–Kier alpha value is -1.37. The van der Waals surface area contributed by atoms with Crippen molar-refractivity contribution in [1.82, 2.24) is 5.32 Å². The fourth-order valence-corrected chi connectivity index (χ4v) is 2.61. The molecule has 18 heavy (non-hydrogen) atoms. The van der Waals surface area contributed by atoms with Gasteiger partial charge in [0.2, 0.25) is 0 Å². The number of benzene rings is 1. The normalized spacial score (nSPS) is 22.9. The van der Waals surface area contributed by atoms with Crippen LogP contribution in [0.1, 0.15) is 36.0 Å². The molecule has 0 radical (unpaired) electrons. The van der Waals surface area contributed by atoms with E-state index < -0.39 is 0 Å². The van der Waals surface area contributed by atoms with Crippen LogP contribution in [-0.4, -0.2) is 17.8 Å². The summed E-state index contributed by atoms with van der Waals surface area (Å²) in [6, 6.07) is 7.96. The second kappa shape index (κ2) is 5.99. The first-order chi connectivity index (χ1) is 8.69. The molecule has 2 unspecified atom stereocenters. The summed E-state index contributed by atoms with van der Waals surface area (Å²) in [5.41, 5.74) is 3.12. The van der Waals surface area contributed by atoms with E-state index in [0.29, 0.717) is 5.92 Å². The lowest BCUT2D eigenvalue weighted by Gasteiger charge is -2.12. The van der Waals surface area contributed by atoms with Crippen molar-refractivity contribution in [3.05, 3.63) is 34.9 Å². The second-order valence-electron chi connectivity index (χ2n) is 5.22. The van der Waals surface area contributed by atoms with Gasteiger partial charge in [-0.15, -0.1) is 0 Å². The van der Waals surface area contributed by atoms with Crippen LogP contribution in [0.2, 0.25) is 0 Å². The van der Waals surface area contributed by atoms with Gasteiger partial charge in [-0.2, -0.15) is 5.26 Å². The maximum absolute atomic E-state index is 9.46. The van der Waals surface area contributed by atoms with Gasteiger partial charge in [-0.3, -0.25) is 0 Å². The summed E-state index contributed by atoms with van der Waals surface area (Å²) in [6.07, 6.45) is 2.91. The van der Waals surface area contributed by atoms with Crippen molar-refractivity contribution in [2.75, 3.05) is 6.54 Å². The lowest BCUT2D eigenvalue weighted by molar-refractivity contribution is 0.177. The molecular weight excluding hydrogens is 224 g/mol. The Morgan fingerprint density at radius 2 is 2.28 bits per heavy atom. The van der Waals surface area contributed by atoms with Gasteiger partial charge >= 0.3 is 0 Å². The smallest absolute Gasteiger partial charge is 0.0991 e. The maximum Gasteiger partial charge on any atom is 0.0991 e. The minimum Gasteiger partial charge on any atom is -0.393 e. The summed E-state index contributed by atoms with van der Waals surface area (Å²) >= 11 is 0. The predicted octanol–water partition coefficient (Wildman–Crippen LogP) is 2.12. The average molecular weight is 244 g/mol. The summed E-state index contributed by atoms with van der Waals surface area (Å²) in [4.78, 5) is 0. The molecule has 1 aromatic rings. The van der Waals surface area contributed by atoms with E-state index >= 15 is 0 Å². The molecule has 1 aliphatic rings. The lowest BCUT2D eigenvalue weighted by Crippen LogP contribution is -2.21. The van der Waals surface area contributed by atoms with Crippen molar-refractivity contribution in [2.24, 2.45) is 5.92 Å². The third kappa shape index (κ3) is 3.32. The highest BCUT2D eigenvalue weighted by Gasteiger charge is 2.21. The Morgan fingerprint density at radius 1 is 1.44 bits per heavy atom. The van der Waals surface area contributed by atoms with Gasteiger partial charge < -0.3 is 10.4 Å². The minimum atomic E-state index is -0.0894. The molecule has 1 aromatic carbocycles. The van der Waals surface area contributed by atoms with E-state index in [2.05, 4.69) is 11.4 Å². The topological polar surface area (TPSA) is 56.0 Å². The number of hydrogen-bond acceptors (Lipinski definition) is 3. The highest BCUT2D eigenvalue weighted by molar-refractivity contribution is 5.37. The highest BCUT2D eigenvalue weighted by atomic mass is 16.3. The van der Waals surface area contributed by atoms with Gasteiger partial charge in [-0.1, -0.05) is 6.07 Å². The van der Waals surface area contributed by atoms with Crippen LogP contribution in [0.3, 0.4) is 0 Å². The van der Waals surface area contributed by atoms with Gasteiger partial charge in [0.05, 0.1) is 17.7 Å². The van der Waals surface area contributed by atoms with E-state index in [1.165, 1.54) is 5.56 Å². The van der Waals surface area contributed by atoms with E-state index in [1.54, 1.807) is 0 Å². The highest BCUT2D eigenvalue weighted by Crippen LogP contribution is 2.24. The first kappa shape index (κ1) is 13.1. The van der Waals surface area contributed by atoms with Gasteiger partial charge in [-0.05, 0) is 61.9 Å². The fourth-order valence-electron chi connectivity index (χ4n) is 2.61. The van der Waals surface area contributed by atoms with Crippen LogP contribution in [-0.2, 0) is 6.54 Å². The standard InChI is InChI=1S/C15H20N2O/c1-11-6-12(8-16)2-4-14(11)10-17-9-13-3-5-15(18)7-13/h2,4,6,13,15,17-18H,3,5,7,9-10H2,1H3. The van der Waals surface area contributed by atoms with Crippen molar-refractivity contribution < 1.29 is 5.11 Å². The van der Waals surface area contributed by atoms with Gasteiger partial charge in [0.15, 0.2) is 0 Å². The first-order valence-corrected chi connectivity index (χ1v) is 6.57. The molecule has 0 aromatic heterocycles. The monoisotopic (exact) mass is 244 g/mol. The summed E-state index contributed by atoms with van der Waals surface area (Å²) in [6.45, 7) is 3.85. The number of nitrogens with zero attached hydrogens (tertiary/aromatic N) is 1. The summed E-state index contributed by atoms with van der Waals surface area (Å²) in [5.74, 6) is 0.610. The zero-order valence-corrected chi connectivity index (χ0v) is 10.8. The van der Waals surface area contributed by atoms with Gasteiger partial charge in [-0.25, -0.2) is 0 Å². The van der Waals surface area contributed by atoms with Gasteiger partial charge in [0, 0.05) is 6.54 Å². The Kier molecular flexibility index (Phi) is 4.35. The Bertz CT molecular complexity index is 450. The second-order valence-corrected chi connectivity index (χ2v) is 5.22. The van der Waals surface area contributed by atoms with Crippen LogP contribution in [0.5, 0.6) is 0 Å². The van der Waals surface area contributed by atoms with E-state index in [4.69, 9.17) is 5.26 Å². The molecule has 2 atom stereocenters. The Balaban J connectivity index is 1.82. The number of aliphatic hydroxyl groups excluding tert-OH is 1. The molecule has 2 N–H and O–H groups in total. The summed E-state index contributed by atoms with van der Waals surface area (Å²) in [7, 11) is 0. The fraction of sp³-hybridized carbons (Fsp3) is 0.533. The minimum absolute atomic E-state index is 0.0894. The lowest BCUT2D eigenvalue weighted by atomic mass is 10.0. The molecular formula is C15H20N2O. The number of hydrogen-bond donors (Lipinski definition) is 2. The Morgan fingerprint density at radius 3 is 2.89 bits per heavy atom. The van der Waals surface area contributed by atoms with Crippen molar-refractivity contribution in [3.8, 4) is 6.07 Å². The molecule has 0 amide bonds. The quantitative estimate of drug-likeness (QED) is 0.853. The SMILES string of the molecule is Cc1cc(C#N)ccc1CNCC1CCC(O)C1. The molecule has 96 valence electrons. The average Bonchev–Trinajstić information content (AvgIpc) is 2.77. The number of aryl methyl sites for hydroxylation is 1. The summed E-state index contributed by atoms with van der Waals surface area (Å²) in [5, 5.41) is 21.7. The molecule has 2 rings (SSSR count). The van der Waals surface area contributed by atoms with Gasteiger partial charge in [0.1, 0.15) is 0 Å². The third-order valence-corrected chi connectivity index (χ3v) is 3.73. The van der Waals surface area contributed by atoms with Crippen LogP contribution in [0.4, 0.5) is 0 Å². The summed E-state index contributed by atoms with van der Waals surface area (Å²) < 4.78 is 0. The molecule has 3 nitrogen and oxygen atoms in total. The van der Waals surface area contributed by atoms with E-state index in [9.17, 15) is 5.11 Å². The van der Waals surface area contributed by atoms with Crippen LogP contribution < -0.4 is 5.32 Å². The van der Waals surface area contributed by atoms with E-state index in [-0.39, 0.29) is 6.10 Å². The molecule has 0 bridgehead atoms. The zero-order chi connectivity index (χ0) is 13.0. The van der Waals surface area contributed by atoms with Crippen LogP contribution >= 0.6 is 0 Å². The van der Waals surface area contributed by atoms with Gasteiger partial charge in [0.25, 0.3) is 0 Å². The Labute approximate surface area is 108 Å². The molecule has 0 heterocycles. The molecule has 1 aliphatic carbocycles. The van der Waals surface area contributed by atoms with E-state index in [1.807, 2.05) is 25.1 Å². The van der Waals surface area contributed by atoms with Crippen LogP contribution in [0.25, 0.3) is 0 Å². The number of nitrogens with one attached hydrogen (secondary N) is 1. The zero-order valence-electron chi connectivity index (χ0n) is 10.8. The number of rotatable bonds is 4.